The molecule has 3 heterocycles. The van der Waals surface area contributed by atoms with Gasteiger partial charge in [0.1, 0.15) is 17.5 Å². The highest BCUT2D eigenvalue weighted by Crippen LogP contribution is 2.24. The number of benzene rings is 2. The Hall–Kier alpha value is -4.09. The average molecular weight is 538 g/mol. The molecule has 0 unspecified atom stereocenters. The van der Waals surface area contributed by atoms with Crippen LogP contribution in [0.5, 0.6) is 5.75 Å². The number of piperidine rings is 2. The van der Waals surface area contributed by atoms with Crippen LogP contribution in [0.25, 0.3) is 0 Å². The van der Waals surface area contributed by atoms with E-state index < -0.39 is 0 Å². The predicted octanol–water partition coefficient (Wildman–Crippen LogP) is 4.83. The maximum Gasteiger partial charge on any atom is 0.274 e. The summed E-state index contributed by atoms with van der Waals surface area (Å²) in [5.74, 6) is 0.993. The Labute approximate surface area is 235 Å². The zero-order valence-electron chi connectivity index (χ0n) is 23.0. The monoisotopic (exact) mass is 537 g/mol. The molecule has 0 radical (unpaired) electrons. The van der Waals surface area contributed by atoms with E-state index in [-0.39, 0.29) is 23.5 Å². The first-order valence-electron chi connectivity index (χ1n) is 14.1. The van der Waals surface area contributed by atoms with Gasteiger partial charge in [0.15, 0.2) is 11.5 Å². The van der Waals surface area contributed by atoms with E-state index >= 15 is 0 Å². The standard InChI is InChI=1S/C32H35N5O3/c1-23-2-8-27(9-3-23)40-28-14-18-37(19-15-28)32(39)30-11-10-29(34-35-30)31(38)20-24-12-16-36(17-13-24)22-26-6-4-25(21-33)5-7-26/h2-11,24,28H,12-20,22H2,1H3. The van der Waals surface area contributed by atoms with Crippen molar-refractivity contribution in [3.05, 3.63) is 88.7 Å². The van der Waals surface area contributed by atoms with Crippen LogP contribution in [-0.4, -0.2) is 64.0 Å². The van der Waals surface area contributed by atoms with E-state index in [4.69, 9.17) is 10.00 Å². The number of ketones is 1. The Morgan fingerprint density at radius 1 is 0.875 bits per heavy atom. The van der Waals surface area contributed by atoms with Gasteiger partial charge in [-0.2, -0.15) is 5.26 Å². The SMILES string of the molecule is Cc1ccc(OC2CCN(C(=O)c3ccc(C(=O)CC4CCN(Cc5ccc(C#N)cc5)CC4)nn3)CC2)cc1. The van der Waals surface area contributed by atoms with Gasteiger partial charge >= 0.3 is 0 Å². The molecule has 0 atom stereocenters. The molecular weight excluding hydrogens is 502 g/mol. The highest BCUT2D eigenvalue weighted by Gasteiger charge is 2.27. The third-order valence-corrected chi connectivity index (χ3v) is 7.89. The Morgan fingerprint density at radius 3 is 2.15 bits per heavy atom. The van der Waals surface area contributed by atoms with Crippen LogP contribution in [0.4, 0.5) is 0 Å². The topological polar surface area (TPSA) is 99.4 Å². The first-order valence-corrected chi connectivity index (χ1v) is 14.1. The van der Waals surface area contributed by atoms with Crippen molar-refractivity contribution in [3.63, 3.8) is 0 Å². The van der Waals surface area contributed by atoms with E-state index in [2.05, 4.69) is 21.2 Å². The molecular formula is C32H35N5O3. The van der Waals surface area contributed by atoms with Crippen molar-refractivity contribution in [3.8, 4) is 11.8 Å². The summed E-state index contributed by atoms with van der Waals surface area (Å²) in [6.45, 7) is 5.97. The fourth-order valence-electron chi connectivity index (χ4n) is 5.40. The fourth-order valence-corrected chi connectivity index (χ4v) is 5.40. The second kappa shape index (κ2) is 12.8. The van der Waals surface area contributed by atoms with E-state index in [0.29, 0.717) is 36.7 Å². The minimum Gasteiger partial charge on any atom is -0.490 e. The Morgan fingerprint density at radius 2 is 1.52 bits per heavy atom. The number of hydrogen-bond acceptors (Lipinski definition) is 7. The molecule has 1 aromatic heterocycles. The first-order chi connectivity index (χ1) is 19.5. The summed E-state index contributed by atoms with van der Waals surface area (Å²) in [5.41, 5.74) is 3.65. The number of likely N-dealkylation sites (tertiary alicyclic amines) is 2. The van der Waals surface area contributed by atoms with Crippen LogP contribution in [0.2, 0.25) is 0 Å². The van der Waals surface area contributed by atoms with Gasteiger partial charge in [0.25, 0.3) is 5.91 Å². The van der Waals surface area contributed by atoms with E-state index in [1.165, 1.54) is 11.1 Å². The van der Waals surface area contributed by atoms with Crippen LogP contribution in [0, 0.1) is 24.2 Å². The lowest BCUT2D eigenvalue weighted by molar-refractivity contribution is 0.0588. The molecule has 206 valence electrons. The molecule has 0 aliphatic carbocycles. The summed E-state index contributed by atoms with van der Waals surface area (Å²) in [6, 6.07) is 21.1. The quantitative estimate of drug-likeness (QED) is 0.380. The number of Topliss-reactive ketones (excluding diaryl/α,β-unsaturated/α-hetero) is 1. The number of hydrogen-bond donors (Lipinski definition) is 0. The molecule has 40 heavy (non-hydrogen) atoms. The molecule has 3 aromatic rings. The lowest BCUT2D eigenvalue weighted by Gasteiger charge is -2.32. The number of amides is 1. The molecule has 2 aliphatic rings. The Kier molecular flexibility index (Phi) is 8.82. The molecule has 2 aromatic carbocycles. The van der Waals surface area contributed by atoms with Crippen molar-refractivity contribution in [1.82, 2.24) is 20.0 Å². The van der Waals surface area contributed by atoms with Gasteiger partial charge in [0.05, 0.1) is 11.6 Å². The number of aromatic nitrogens is 2. The Bertz CT molecular complexity index is 1330. The maximum absolute atomic E-state index is 13.0. The van der Waals surface area contributed by atoms with Crippen LogP contribution in [0.1, 0.15) is 69.8 Å². The third-order valence-electron chi connectivity index (χ3n) is 7.89. The number of carbonyl (C=O) groups is 2. The third kappa shape index (κ3) is 7.10. The molecule has 8 heteroatoms. The number of nitriles is 1. The van der Waals surface area contributed by atoms with Gasteiger partial charge in [0.2, 0.25) is 0 Å². The molecule has 2 saturated heterocycles. The first kappa shape index (κ1) is 27.5. The van der Waals surface area contributed by atoms with Crippen LogP contribution in [-0.2, 0) is 6.54 Å². The van der Waals surface area contributed by atoms with Crippen LogP contribution in [0.15, 0.2) is 60.7 Å². The highest BCUT2D eigenvalue weighted by atomic mass is 16.5. The van der Waals surface area contributed by atoms with Crippen molar-refractivity contribution in [1.29, 1.82) is 5.26 Å². The minimum atomic E-state index is -0.157. The molecule has 8 nitrogen and oxygen atoms in total. The Balaban J connectivity index is 1.05. The van der Waals surface area contributed by atoms with E-state index in [9.17, 15) is 9.59 Å². The van der Waals surface area contributed by atoms with E-state index in [1.54, 1.807) is 17.0 Å². The lowest BCUT2D eigenvalue weighted by Crippen LogP contribution is -2.42. The minimum absolute atomic E-state index is 0.0221. The van der Waals surface area contributed by atoms with Gasteiger partial charge < -0.3 is 9.64 Å². The second-order valence-electron chi connectivity index (χ2n) is 10.9. The number of carbonyl (C=O) groups excluding carboxylic acids is 2. The van der Waals surface area contributed by atoms with Crippen LogP contribution >= 0.6 is 0 Å². The summed E-state index contributed by atoms with van der Waals surface area (Å²) in [5, 5.41) is 17.2. The molecule has 2 aliphatic heterocycles. The van der Waals surface area contributed by atoms with Gasteiger partial charge in [-0.3, -0.25) is 14.5 Å². The van der Waals surface area contributed by atoms with E-state index in [1.807, 2.05) is 55.5 Å². The van der Waals surface area contributed by atoms with Crippen LogP contribution in [0.3, 0.4) is 0 Å². The molecule has 2 fully saturated rings. The van der Waals surface area contributed by atoms with Crippen molar-refractivity contribution in [2.24, 2.45) is 5.92 Å². The highest BCUT2D eigenvalue weighted by molar-refractivity contribution is 5.96. The van der Waals surface area contributed by atoms with Crippen molar-refractivity contribution in [2.45, 2.75) is 51.7 Å². The maximum atomic E-state index is 13.0. The zero-order chi connectivity index (χ0) is 27.9. The van der Waals surface area contributed by atoms with Crippen molar-refractivity contribution >= 4 is 11.7 Å². The summed E-state index contributed by atoms with van der Waals surface area (Å²) < 4.78 is 6.07. The summed E-state index contributed by atoms with van der Waals surface area (Å²) in [7, 11) is 0. The predicted molar refractivity (Wildman–Crippen MR) is 151 cm³/mol. The normalized spacial score (nSPS) is 16.9. The van der Waals surface area contributed by atoms with E-state index in [0.717, 1.165) is 51.1 Å². The number of nitrogens with zero attached hydrogens (tertiary/aromatic N) is 5. The van der Waals surface area contributed by atoms with Crippen molar-refractivity contribution in [2.75, 3.05) is 26.2 Å². The van der Waals surface area contributed by atoms with Crippen LogP contribution < -0.4 is 4.74 Å². The van der Waals surface area contributed by atoms with Crippen molar-refractivity contribution < 1.29 is 14.3 Å². The molecule has 0 saturated carbocycles. The smallest absolute Gasteiger partial charge is 0.274 e. The summed E-state index contributed by atoms with van der Waals surface area (Å²) >= 11 is 0. The second-order valence-corrected chi connectivity index (χ2v) is 10.9. The molecule has 0 bridgehead atoms. The molecule has 0 N–H and O–H groups in total. The van der Waals surface area contributed by atoms with Gasteiger partial charge in [-0.25, -0.2) is 0 Å². The lowest BCUT2D eigenvalue weighted by atomic mass is 9.90. The van der Waals surface area contributed by atoms with Gasteiger partial charge in [-0.05, 0) is 80.7 Å². The van der Waals surface area contributed by atoms with Gasteiger partial charge in [-0.1, -0.05) is 29.8 Å². The zero-order valence-corrected chi connectivity index (χ0v) is 23.0. The summed E-state index contributed by atoms with van der Waals surface area (Å²) in [4.78, 5) is 30.0. The molecule has 1 amide bonds. The number of rotatable bonds is 8. The fraction of sp³-hybridized carbons (Fsp3) is 0.406. The van der Waals surface area contributed by atoms with Gasteiger partial charge in [-0.15, -0.1) is 10.2 Å². The number of ether oxygens (including phenoxy) is 1. The number of aryl methyl sites for hydroxylation is 1. The molecule has 0 spiro atoms. The average Bonchev–Trinajstić information content (AvgIpc) is 3.00. The summed E-state index contributed by atoms with van der Waals surface area (Å²) in [6.07, 6.45) is 3.96. The largest absolute Gasteiger partial charge is 0.490 e. The van der Waals surface area contributed by atoms with Gasteiger partial charge in [0, 0.05) is 38.9 Å². The molecule has 5 rings (SSSR count).